The summed E-state index contributed by atoms with van der Waals surface area (Å²) in [6.07, 6.45) is 0.499. The first-order chi connectivity index (χ1) is 12.4. The van der Waals surface area contributed by atoms with Crippen LogP contribution in [0, 0.1) is 11.3 Å². The lowest BCUT2D eigenvalue weighted by Crippen LogP contribution is -2.52. The number of halogens is 1. The van der Waals surface area contributed by atoms with Gasteiger partial charge in [-0.3, -0.25) is 15.0 Å². The molecule has 1 aliphatic heterocycles. The lowest BCUT2D eigenvalue weighted by molar-refractivity contribution is 0.0964. The van der Waals surface area contributed by atoms with Crippen molar-refractivity contribution in [1.82, 2.24) is 15.1 Å². The van der Waals surface area contributed by atoms with Crippen LogP contribution in [0.25, 0.3) is 0 Å². The molecule has 1 heterocycles. The Hall–Kier alpha value is -1.69. The number of amides is 1. The highest BCUT2D eigenvalue weighted by Crippen LogP contribution is 2.24. The standard InChI is InChI=1S/C18H23BrN4O2S/c1-13(2)25-16-5-4-14(19)12-15(16)17(24)21-18(26)23-10-8-22(9-11-23)7-3-6-20/h4-5,12-13H,3,7-11H2,1-2H3,(H,21,24,26). The SMILES string of the molecule is CC(C)Oc1ccc(Br)cc1C(=O)NC(=S)N1CCN(CCC#N)CC1. The Bertz CT molecular complexity index is 697. The maximum absolute atomic E-state index is 12.7. The zero-order chi connectivity index (χ0) is 19.1. The van der Waals surface area contributed by atoms with E-state index in [0.29, 0.717) is 22.8 Å². The van der Waals surface area contributed by atoms with Gasteiger partial charge in [-0.2, -0.15) is 5.26 Å². The van der Waals surface area contributed by atoms with E-state index in [1.54, 1.807) is 12.1 Å². The summed E-state index contributed by atoms with van der Waals surface area (Å²) < 4.78 is 6.53. The third-order valence-electron chi connectivity index (χ3n) is 3.97. The number of benzene rings is 1. The first-order valence-corrected chi connectivity index (χ1v) is 9.76. The van der Waals surface area contributed by atoms with Crippen molar-refractivity contribution in [2.75, 3.05) is 32.7 Å². The van der Waals surface area contributed by atoms with E-state index < -0.39 is 0 Å². The molecule has 2 rings (SSSR count). The third-order valence-corrected chi connectivity index (χ3v) is 4.82. The monoisotopic (exact) mass is 438 g/mol. The Morgan fingerprint density at radius 3 is 2.69 bits per heavy atom. The van der Waals surface area contributed by atoms with Crippen molar-refractivity contribution in [1.29, 1.82) is 5.26 Å². The lowest BCUT2D eigenvalue weighted by atomic mass is 10.2. The van der Waals surface area contributed by atoms with Gasteiger partial charge < -0.3 is 9.64 Å². The van der Waals surface area contributed by atoms with Crippen LogP contribution in [0.4, 0.5) is 0 Å². The van der Waals surface area contributed by atoms with Gasteiger partial charge in [0, 0.05) is 43.6 Å². The Morgan fingerprint density at radius 2 is 2.08 bits per heavy atom. The molecule has 140 valence electrons. The van der Waals surface area contributed by atoms with Crippen molar-refractivity contribution in [2.45, 2.75) is 26.4 Å². The number of nitrogens with zero attached hydrogens (tertiary/aromatic N) is 3. The van der Waals surface area contributed by atoms with Gasteiger partial charge in [0.2, 0.25) is 0 Å². The van der Waals surface area contributed by atoms with Crippen LogP contribution in [-0.2, 0) is 0 Å². The summed E-state index contributed by atoms with van der Waals surface area (Å²) in [7, 11) is 0. The van der Waals surface area contributed by atoms with Crippen molar-refractivity contribution in [3.05, 3.63) is 28.2 Å². The van der Waals surface area contributed by atoms with E-state index in [-0.39, 0.29) is 12.0 Å². The fraction of sp³-hybridized carbons (Fsp3) is 0.500. The first kappa shape index (κ1) is 20.6. The second kappa shape index (κ2) is 9.86. The number of rotatable bonds is 5. The van der Waals surface area contributed by atoms with Gasteiger partial charge >= 0.3 is 0 Å². The van der Waals surface area contributed by atoms with Crippen LogP contribution in [0.2, 0.25) is 0 Å². The molecular formula is C18H23BrN4O2S. The minimum Gasteiger partial charge on any atom is -0.490 e. The van der Waals surface area contributed by atoms with Crippen molar-refractivity contribution in [3.63, 3.8) is 0 Å². The number of thiocarbonyl (C=S) groups is 1. The van der Waals surface area contributed by atoms with Crippen molar-refractivity contribution < 1.29 is 9.53 Å². The highest BCUT2D eigenvalue weighted by molar-refractivity contribution is 9.10. The minimum atomic E-state index is -0.279. The highest BCUT2D eigenvalue weighted by atomic mass is 79.9. The molecule has 0 radical (unpaired) electrons. The average molecular weight is 439 g/mol. The van der Waals surface area contributed by atoms with E-state index in [2.05, 4.69) is 32.2 Å². The molecule has 6 nitrogen and oxygen atoms in total. The highest BCUT2D eigenvalue weighted by Gasteiger charge is 2.21. The summed E-state index contributed by atoms with van der Waals surface area (Å²) in [5.74, 6) is 0.253. The average Bonchev–Trinajstić information content (AvgIpc) is 2.61. The van der Waals surface area contributed by atoms with Crippen molar-refractivity contribution in [2.24, 2.45) is 0 Å². The number of piperazine rings is 1. The molecule has 1 amide bonds. The number of hydrogen-bond acceptors (Lipinski definition) is 5. The van der Waals surface area contributed by atoms with E-state index in [9.17, 15) is 4.79 Å². The molecule has 1 saturated heterocycles. The minimum absolute atomic E-state index is 0.0313. The Labute approximate surface area is 168 Å². The molecule has 1 fully saturated rings. The van der Waals surface area contributed by atoms with Gasteiger partial charge in [-0.1, -0.05) is 15.9 Å². The predicted molar refractivity (Wildman–Crippen MR) is 108 cm³/mol. The van der Waals surface area contributed by atoms with Gasteiger partial charge in [-0.15, -0.1) is 0 Å². The maximum Gasteiger partial charge on any atom is 0.261 e. The summed E-state index contributed by atoms with van der Waals surface area (Å²) in [6.45, 7) is 7.74. The molecule has 1 N–H and O–H groups in total. The van der Waals surface area contributed by atoms with Crippen molar-refractivity contribution in [3.8, 4) is 11.8 Å². The van der Waals surface area contributed by atoms with E-state index in [1.807, 2.05) is 24.8 Å². The number of ether oxygens (including phenoxy) is 1. The molecule has 26 heavy (non-hydrogen) atoms. The quantitative estimate of drug-likeness (QED) is 0.712. The van der Waals surface area contributed by atoms with Crippen LogP contribution in [0.5, 0.6) is 5.75 Å². The van der Waals surface area contributed by atoms with Crippen LogP contribution in [-0.4, -0.2) is 59.6 Å². The van der Waals surface area contributed by atoms with Gasteiger partial charge in [-0.25, -0.2) is 0 Å². The number of carbonyl (C=O) groups excluding carboxylic acids is 1. The van der Waals surface area contributed by atoms with Gasteiger partial charge in [-0.05, 0) is 44.3 Å². The third kappa shape index (κ3) is 5.94. The fourth-order valence-electron chi connectivity index (χ4n) is 2.66. The molecular weight excluding hydrogens is 416 g/mol. The summed E-state index contributed by atoms with van der Waals surface area (Å²) in [5.41, 5.74) is 0.447. The number of nitriles is 1. The van der Waals surface area contributed by atoms with E-state index >= 15 is 0 Å². The molecule has 8 heteroatoms. The predicted octanol–water partition coefficient (Wildman–Crippen LogP) is 2.78. The van der Waals surface area contributed by atoms with Gasteiger partial charge in [0.15, 0.2) is 5.11 Å². The van der Waals surface area contributed by atoms with Crippen LogP contribution < -0.4 is 10.1 Å². The number of carbonyl (C=O) groups is 1. The van der Waals surface area contributed by atoms with Gasteiger partial charge in [0.1, 0.15) is 5.75 Å². The lowest BCUT2D eigenvalue weighted by Gasteiger charge is -2.35. The summed E-state index contributed by atoms with van der Waals surface area (Å²) in [5, 5.41) is 11.9. The smallest absolute Gasteiger partial charge is 0.261 e. The van der Waals surface area contributed by atoms with Crippen LogP contribution >= 0.6 is 28.1 Å². The number of nitrogens with one attached hydrogen (secondary N) is 1. The summed E-state index contributed by atoms with van der Waals surface area (Å²) in [4.78, 5) is 16.9. The molecule has 0 unspecified atom stereocenters. The Kier molecular flexibility index (Phi) is 7.82. The second-order valence-corrected chi connectivity index (χ2v) is 7.61. The van der Waals surface area contributed by atoms with E-state index in [4.69, 9.17) is 22.2 Å². The Morgan fingerprint density at radius 1 is 1.38 bits per heavy atom. The summed E-state index contributed by atoms with van der Waals surface area (Å²) >= 11 is 8.80. The molecule has 1 aliphatic rings. The van der Waals surface area contributed by atoms with E-state index in [1.165, 1.54) is 0 Å². The van der Waals surface area contributed by atoms with Crippen LogP contribution in [0.1, 0.15) is 30.6 Å². The van der Waals surface area contributed by atoms with E-state index in [0.717, 1.165) is 37.2 Å². The second-order valence-electron chi connectivity index (χ2n) is 6.30. The van der Waals surface area contributed by atoms with Crippen molar-refractivity contribution >= 4 is 39.2 Å². The molecule has 0 spiro atoms. The number of hydrogen-bond donors (Lipinski definition) is 1. The summed E-state index contributed by atoms with van der Waals surface area (Å²) in [6, 6.07) is 7.51. The molecule has 0 aliphatic carbocycles. The van der Waals surface area contributed by atoms with Gasteiger partial charge in [0.25, 0.3) is 5.91 Å². The first-order valence-electron chi connectivity index (χ1n) is 8.56. The van der Waals surface area contributed by atoms with Crippen LogP contribution in [0.3, 0.4) is 0 Å². The Balaban J connectivity index is 1.97. The molecule has 0 bridgehead atoms. The normalized spacial score (nSPS) is 14.8. The molecule has 0 atom stereocenters. The molecule has 1 aromatic carbocycles. The molecule has 0 saturated carbocycles. The molecule has 1 aromatic rings. The largest absolute Gasteiger partial charge is 0.490 e. The fourth-order valence-corrected chi connectivity index (χ4v) is 3.30. The zero-order valence-electron chi connectivity index (χ0n) is 15.0. The van der Waals surface area contributed by atoms with Gasteiger partial charge in [0.05, 0.1) is 17.7 Å². The van der Waals surface area contributed by atoms with Crippen LogP contribution in [0.15, 0.2) is 22.7 Å². The maximum atomic E-state index is 12.7. The zero-order valence-corrected chi connectivity index (χ0v) is 17.4. The topological polar surface area (TPSA) is 68.6 Å². The molecule has 0 aromatic heterocycles.